The Labute approximate surface area is 268 Å². The first-order chi connectivity index (χ1) is 22.6. The Hall–Kier alpha value is -5.80. The minimum atomic E-state index is -0.123. The van der Waals surface area contributed by atoms with Crippen molar-refractivity contribution < 1.29 is 0 Å². The molecular formula is C43H31N3. The van der Waals surface area contributed by atoms with Gasteiger partial charge in [-0.1, -0.05) is 105 Å². The molecule has 1 aliphatic carbocycles. The van der Waals surface area contributed by atoms with Gasteiger partial charge in [0.2, 0.25) is 0 Å². The molecular weight excluding hydrogens is 558 g/mol. The molecule has 0 radical (unpaired) electrons. The van der Waals surface area contributed by atoms with E-state index in [9.17, 15) is 0 Å². The summed E-state index contributed by atoms with van der Waals surface area (Å²) < 4.78 is 2.37. The molecule has 0 saturated heterocycles. The SMILES string of the molecule is CC1(C)c2cc(-c3ccc(-c4ncccn4)cc3)ccc2-c2ccc(-c3ccc4c(c3)c3ccccc3n4-c3ccccc3)cc21. The summed E-state index contributed by atoms with van der Waals surface area (Å²) in [6, 6.07) is 50.7. The van der Waals surface area contributed by atoms with E-state index in [1.165, 1.54) is 72.0 Å². The Kier molecular flexibility index (Phi) is 5.85. The lowest BCUT2D eigenvalue weighted by Crippen LogP contribution is -2.15. The van der Waals surface area contributed by atoms with Gasteiger partial charge in [0.05, 0.1) is 11.0 Å². The standard InChI is InChI=1S/C43H31N3/c1-43(2)38-26-31(28-13-15-29(16-14-28)42-44-23-8-24-45-42)17-20-34(38)35-21-18-32(27-39(35)43)30-19-22-41-37(25-30)36-11-6-7-12-40(36)46(41)33-9-4-3-5-10-33/h3-27H,1-2H3. The molecule has 0 fully saturated rings. The van der Waals surface area contributed by atoms with Gasteiger partial charge >= 0.3 is 0 Å². The number of benzene rings is 6. The van der Waals surface area contributed by atoms with Crippen molar-refractivity contribution >= 4 is 21.8 Å². The van der Waals surface area contributed by atoms with E-state index in [0.29, 0.717) is 0 Å². The maximum Gasteiger partial charge on any atom is 0.159 e. The number of fused-ring (bicyclic) bond motifs is 6. The number of rotatable bonds is 4. The first-order valence-corrected chi connectivity index (χ1v) is 15.8. The van der Waals surface area contributed by atoms with Gasteiger partial charge in [0, 0.05) is 39.8 Å². The van der Waals surface area contributed by atoms with Crippen molar-refractivity contribution in [1.29, 1.82) is 0 Å². The topological polar surface area (TPSA) is 30.7 Å². The molecule has 6 aromatic carbocycles. The molecule has 0 bridgehead atoms. The van der Waals surface area contributed by atoms with E-state index in [2.05, 4.69) is 162 Å². The summed E-state index contributed by atoms with van der Waals surface area (Å²) in [5.41, 5.74) is 14.8. The van der Waals surface area contributed by atoms with E-state index in [1.807, 2.05) is 6.07 Å². The summed E-state index contributed by atoms with van der Waals surface area (Å²) in [5.74, 6) is 0.747. The highest BCUT2D eigenvalue weighted by Crippen LogP contribution is 2.51. The number of hydrogen-bond donors (Lipinski definition) is 0. The highest BCUT2D eigenvalue weighted by molar-refractivity contribution is 6.10. The molecule has 0 atom stereocenters. The molecule has 2 heterocycles. The Bertz CT molecular complexity index is 2420. The molecule has 218 valence electrons. The van der Waals surface area contributed by atoms with Gasteiger partial charge in [-0.25, -0.2) is 9.97 Å². The van der Waals surface area contributed by atoms with E-state index < -0.39 is 0 Å². The monoisotopic (exact) mass is 589 g/mol. The third-order valence-electron chi connectivity index (χ3n) is 9.74. The molecule has 0 saturated carbocycles. The minimum Gasteiger partial charge on any atom is -0.309 e. The summed E-state index contributed by atoms with van der Waals surface area (Å²) in [4.78, 5) is 8.80. The highest BCUT2D eigenvalue weighted by Gasteiger charge is 2.36. The smallest absolute Gasteiger partial charge is 0.159 e. The summed E-state index contributed by atoms with van der Waals surface area (Å²) in [5, 5.41) is 2.54. The molecule has 1 aliphatic rings. The summed E-state index contributed by atoms with van der Waals surface area (Å²) in [6.07, 6.45) is 3.56. The van der Waals surface area contributed by atoms with Gasteiger partial charge in [0.15, 0.2) is 5.82 Å². The molecule has 0 unspecified atom stereocenters. The first-order valence-electron chi connectivity index (χ1n) is 15.8. The molecule has 8 aromatic rings. The van der Waals surface area contributed by atoms with Crippen LogP contribution in [0.25, 0.3) is 72.3 Å². The Morgan fingerprint density at radius 2 is 1.00 bits per heavy atom. The van der Waals surface area contributed by atoms with E-state index in [4.69, 9.17) is 0 Å². The normalized spacial score (nSPS) is 13.2. The fourth-order valence-corrected chi connectivity index (χ4v) is 7.36. The molecule has 9 rings (SSSR count). The van der Waals surface area contributed by atoms with Crippen molar-refractivity contribution in [2.45, 2.75) is 19.3 Å². The van der Waals surface area contributed by atoms with Crippen molar-refractivity contribution in [3.05, 3.63) is 163 Å². The van der Waals surface area contributed by atoms with Crippen LogP contribution in [0, 0.1) is 0 Å². The lowest BCUT2D eigenvalue weighted by Gasteiger charge is -2.22. The van der Waals surface area contributed by atoms with Crippen molar-refractivity contribution in [3.8, 4) is 50.5 Å². The molecule has 0 N–H and O–H groups in total. The number of para-hydroxylation sites is 2. The molecule has 0 spiro atoms. The van der Waals surface area contributed by atoms with E-state index >= 15 is 0 Å². The zero-order valence-electron chi connectivity index (χ0n) is 25.8. The van der Waals surface area contributed by atoms with Gasteiger partial charge in [-0.3, -0.25) is 0 Å². The van der Waals surface area contributed by atoms with Crippen LogP contribution in [0.1, 0.15) is 25.0 Å². The quantitative estimate of drug-likeness (QED) is 0.204. The molecule has 46 heavy (non-hydrogen) atoms. The van der Waals surface area contributed by atoms with Gasteiger partial charge in [-0.2, -0.15) is 0 Å². The minimum absolute atomic E-state index is 0.123. The predicted molar refractivity (Wildman–Crippen MR) is 190 cm³/mol. The maximum absolute atomic E-state index is 4.40. The average molecular weight is 590 g/mol. The lowest BCUT2D eigenvalue weighted by atomic mass is 9.81. The highest BCUT2D eigenvalue weighted by atomic mass is 15.0. The van der Waals surface area contributed by atoms with Crippen LogP contribution in [0.5, 0.6) is 0 Å². The third kappa shape index (κ3) is 4.05. The fraction of sp³-hybridized carbons (Fsp3) is 0.0698. The molecule has 3 heteroatoms. The van der Waals surface area contributed by atoms with Crippen LogP contribution in [-0.4, -0.2) is 14.5 Å². The second-order valence-electron chi connectivity index (χ2n) is 12.7. The maximum atomic E-state index is 4.40. The van der Waals surface area contributed by atoms with Crippen LogP contribution < -0.4 is 0 Å². The van der Waals surface area contributed by atoms with Gasteiger partial charge in [-0.15, -0.1) is 0 Å². The van der Waals surface area contributed by atoms with E-state index in [0.717, 1.165) is 11.4 Å². The summed E-state index contributed by atoms with van der Waals surface area (Å²) >= 11 is 0. The average Bonchev–Trinajstić information content (AvgIpc) is 3.57. The third-order valence-corrected chi connectivity index (χ3v) is 9.74. The van der Waals surface area contributed by atoms with Crippen LogP contribution in [0.4, 0.5) is 0 Å². The van der Waals surface area contributed by atoms with Crippen LogP contribution in [0.15, 0.2) is 152 Å². The number of aromatic nitrogens is 3. The van der Waals surface area contributed by atoms with E-state index in [-0.39, 0.29) is 5.41 Å². The molecule has 0 aliphatic heterocycles. The Morgan fingerprint density at radius 3 is 1.72 bits per heavy atom. The van der Waals surface area contributed by atoms with Crippen molar-refractivity contribution in [2.24, 2.45) is 0 Å². The van der Waals surface area contributed by atoms with E-state index in [1.54, 1.807) is 12.4 Å². The van der Waals surface area contributed by atoms with Crippen LogP contribution in [0.3, 0.4) is 0 Å². The number of nitrogens with zero attached hydrogens (tertiary/aromatic N) is 3. The van der Waals surface area contributed by atoms with Crippen molar-refractivity contribution in [3.63, 3.8) is 0 Å². The summed E-state index contributed by atoms with van der Waals surface area (Å²) in [6.45, 7) is 4.72. The zero-order chi connectivity index (χ0) is 30.8. The summed E-state index contributed by atoms with van der Waals surface area (Å²) in [7, 11) is 0. The fourth-order valence-electron chi connectivity index (χ4n) is 7.36. The van der Waals surface area contributed by atoms with Crippen molar-refractivity contribution in [2.75, 3.05) is 0 Å². The van der Waals surface area contributed by atoms with Crippen LogP contribution >= 0.6 is 0 Å². The largest absolute Gasteiger partial charge is 0.309 e. The van der Waals surface area contributed by atoms with Gasteiger partial charge < -0.3 is 4.57 Å². The lowest BCUT2D eigenvalue weighted by molar-refractivity contribution is 0.661. The Balaban J connectivity index is 1.10. The number of hydrogen-bond acceptors (Lipinski definition) is 2. The van der Waals surface area contributed by atoms with Gasteiger partial charge in [0.25, 0.3) is 0 Å². The zero-order valence-corrected chi connectivity index (χ0v) is 25.8. The molecule has 0 amide bonds. The molecule has 2 aromatic heterocycles. The van der Waals surface area contributed by atoms with Crippen LogP contribution in [-0.2, 0) is 5.41 Å². The second-order valence-corrected chi connectivity index (χ2v) is 12.7. The van der Waals surface area contributed by atoms with Gasteiger partial charge in [-0.05, 0) is 93.0 Å². The van der Waals surface area contributed by atoms with Gasteiger partial charge in [0.1, 0.15) is 0 Å². The first kappa shape index (κ1) is 26.6. The molecule has 3 nitrogen and oxygen atoms in total. The van der Waals surface area contributed by atoms with Crippen molar-refractivity contribution in [1.82, 2.24) is 14.5 Å². The van der Waals surface area contributed by atoms with Crippen LogP contribution in [0.2, 0.25) is 0 Å². The predicted octanol–water partition coefficient (Wildman–Crippen LogP) is 10.9. The second kappa shape index (κ2) is 10.1. The Morgan fingerprint density at radius 1 is 0.457 bits per heavy atom.